The highest BCUT2D eigenvalue weighted by Crippen LogP contribution is 2.19. The molecule has 2 aromatic carbocycles. The highest BCUT2D eigenvalue weighted by molar-refractivity contribution is 5.81. The van der Waals surface area contributed by atoms with Crippen LogP contribution in [0.15, 0.2) is 42.5 Å². The van der Waals surface area contributed by atoms with Crippen molar-refractivity contribution in [2.75, 3.05) is 6.54 Å². The Hall–Kier alpha value is -2.49. The number of ether oxygens (including phenoxy) is 2. The summed E-state index contributed by atoms with van der Waals surface area (Å²) in [6.45, 7) is 10.7. The quantitative estimate of drug-likeness (QED) is 0.588. The lowest BCUT2D eigenvalue weighted by Crippen LogP contribution is -2.38. The minimum atomic E-state index is -0.468. The van der Waals surface area contributed by atoms with Crippen molar-refractivity contribution >= 4 is 5.91 Å². The lowest BCUT2D eigenvalue weighted by atomic mass is 10.1. The number of rotatable bonds is 10. The molecule has 0 fully saturated rings. The molecule has 0 aliphatic carbocycles. The van der Waals surface area contributed by atoms with Gasteiger partial charge in [-0.15, -0.1) is 0 Å². The van der Waals surface area contributed by atoms with Crippen molar-refractivity contribution in [3.05, 3.63) is 59.2 Å². The molecule has 0 saturated carbocycles. The topological polar surface area (TPSA) is 47.6 Å². The fraction of sp³-hybridized carbons (Fsp3) is 0.458. The zero-order chi connectivity index (χ0) is 20.5. The van der Waals surface area contributed by atoms with Gasteiger partial charge in [-0.05, 0) is 87.9 Å². The fourth-order valence-electron chi connectivity index (χ4n) is 2.94. The van der Waals surface area contributed by atoms with E-state index in [1.165, 1.54) is 11.1 Å². The molecule has 0 aliphatic rings. The SMILES string of the molecule is CC[C@H](Oc1ccc(C)c(C)c1)C(=O)NCCCc1cccc(OC(C)C)c1. The Morgan fingerprint density at radius 1 is 1.00 bits per heavy atom. The van der Waals surface area contributed by atoms with E-state index in [1.807, 2.05) is 58.0 Å². The Balaban J connectivity index is 1.79. The number of nitrogens with one attached hydrogen (secondary N) is 1. The summed E-state index contributed by atoms with van der Waals surface area (Å²) in [6, 6.07) is 14.1. The predicted octanol–water partition coefficient (Wildman–Crippen LogP) is 5.00. The summed E-state index contributed by atoms with van der Waals surface area (Å²) in [4.78, 5) is 12.5. The standard InChI is InChI=1S/C24H33NO3/c1-6-23(28-22-13-12-18(4)19(5)15-22)24(26)25-14-8-10-20-9-7-11-21(16-20)27-17(2)3/h7,9,11-13,15-17,23H,6,8,10,14H2,1-5H3,(H,25,26)/t23-/m0/s1. The first-order chi connectivity index (χ1) is 13.4. The molecular weight excluding hydrogens is 350 g/mol. The van der Waals surface area contributed by atoms with Gasteiger partial charge >= 0.3 is 0 Å². The van der Waals surface area contributed by atoms with E-state index in [9.17, 15) is 4.79 Å². The van der Waals surface area contributed by atoms with Crippen molar-refractivity contribution in [2.45, 2.75) is 66.1 Å². The lowest BCUT2D eigenvalue weighted by molar-refractivity contribution is -0.128. The average Bonchev–Trinajstić information content (AvgIpc) is 2.65. The Morgan fingerprint density at radius 3 is 2.43 bits per heavy atom. The van der Waals surface area contributed by atoms with Crippen LogP contribution < -0.4 is 14.8 Å². The van der Waals surface area contributed by atoms with Crippen LogP contribution in [0.1, 0.15) is 50.3 Å². The fourth-order valence-corrected chi connectivity index (χ4v) is 2.94. The molecule has 1 amide bonds. The van der Waals surface area contributed by atoms with E-state index >= 15 is 0 Å². The summed E-state index contributed by atoms with van der Waals surface area (Å²) in [6.07, 6.45) is 2.09. The molecule has 4 nitrogen and oxygen atoms in total. The smallest absolute Gasteiger partial charge is 0.261 e. The van der Waals surface area contributed by atoms with Crippen molar-refractivity contribution in [3.8, 4) is 11.5 Å². The van der Waals surface area contributed by atoms with Crippen LogP contribution in [0.4, 0.5) is 0 Å². The molecule has 2 rings (SSSR count). The second-order valence-corrected chi connectivity index (χ2v) is 7.47. The summed E-state index contributed by atoms with van der Waals surface area (Å²) in [5.74, 6) is 1.58. The third-order valence-corrected chi connectivity index (χ3v) is 4.63. The molecule has 0 aliphatic heterocycles. The van der Waals surface area contributed by atoms with Crippen molar-refractivity contribution in [1.29, 1.82) is 0 Å². The second kappa shape index (κ2) is 10.7. The van der Waals surface area contributed by atoms with Gasteiger partial charge in [0.2, 0.25) is 0 Å². The zero-order valence-electron chi connectivity index (χ0n) is 17.7. The van der Waals surface area contributed by atoms with E-state index in [-0.39, 0.29) is 12.0 Å². The maximum atomic E-state index is 12.5. The minimum absolute atomic E-state index is 0.0578. The van der Waals surface area contributed by atoms with Crippen molar-refractivity contribution in [1.82, 2.24) is 5.32 Å². The first-order valence-corrected chi connectivity index (χ1v) is 10.2. The summed E-state index contributed by atoms with van der Waals surface area (Å²) in [5.41, 5.74) is 3.59. The Kier molecular flexibility index (Phi) is 8.37. The molecule has 1 atom stereocenters. The molecule has 2 aromatic rings. The number of hydrogen-bond donors (Lipinski definition) is 1. The van der Waals surface area contributed by atoms with Crippen LogP contribution >= 0.6 is 0 Å². The number of carbonyl (C=O) groups excluding carboxylic acids is 1. The van der Waals surface area contributed by atoms with Gasteiger partial charge in [0.25, 0.3) is 5.91 Å². The third-order valence-electron chi connectivity index (χ3n) is 4.63. The van der Waals surface area contributed by atoms with Gasteiger partial charge in [-0.25, -0.2) is 0 Å². The number of aryl methyl sites for hydroxylation is 3. The van der Waals surface area contributed by atoms with E-state index in [4.69, 9.17) is 9.47 Å². The van der Waals surface area contributed by atoms with Crippen LogP contribution in [-0.2, 0) is 11.2 Å². The Bertz CT molecular complexity index is 770. The summed E-state index contributed by atoms with van der Waals surface area (Å²) < 4.78 is 11.6. The van der Waals surface area contributed by atoms with Crippen molar-refractivity contribution in [2.24, 2.45) is 0 Å². The van der Waals surface area contributed by atoms with E-state index in [0.29, 0.717) is 13.0 Å². The van der Waals surface area contributed by atoms with Crippen LogP contribution in [0.2, 0.25) is 0 Å². The van der Waals surface area contributed by atoms with Gasteiger partial charge in [-0.2, -0.15) is 0 Å². The largest absolute Gasteiger partial charge is 0.491 e. The van der Waals surface area contributed by atoms with Crippen LogP contribution in [0.3, 0.4) is 0 Å². The van der Waals surface area contributed by atoms with E-state index in [1.54, 1.807) is 0 Å². The van der Waals surface area contributed by atoms with Crippen LogP contribution in [0.25, 0.3) is 0 Å². The Labute approximate surface area is 169 Å². The van der Waals surface area contributed by atoms with E-state index in [2.05, 4.69) is 24.4 Å². The molecule has 1 N–H and O–H groups in total. The number of benzene rings is 2. The van der Waals surface area contributed by atoms with Crippen molar-refractivity contribution in [3.63, 3.8) is 0 Å². The number of amides is 1. The maximum Gasteiger partial charge on any atom is 0.261 e. The maximum absolute atomic E-state index is 12.5. The summed E-state index contributed by atoms with van der Waals surface area (Å²) in [7, 11) is 0. The molecule has 0 unspecified atom stereocenters. The van der Waals surface area contributed by atoms with Gasteiger partial charge in [-0.3, -0.25) is 4.79 Å². The van der Waals surface area contributed by atoms with Gasteiger partial charge in [0.05, 0.1) is 6.10 Å². The zero-order valence-corrected chi connectivity index (χ0v) is 17.7. The molecule has 0 heterocycles. The predicted molar refractivity (Wildman–Crippen MR) is 114 cm³/mol. The summed E-state index contributed by atoms with van der Waals surface area (Å²) in [5, 5.41) is 3.00. The molecule has 0 saturated heterocycles. The van der Waals surface area contributed by atoms with E-state index in [0.717, 1.165) is 29.9 Å². The molecular formula is C24H33NO3. The van der Waals surface area contributed by atoms with Gasteiger partial charge < -0.3 is 14.8 Å². The highest BCUT2D eigenvalue weighted by Gasteiger charge is 2.18. The first-order valence-electron chi connectivity index (χ1n) is 10.2. The van der Waals surface area contributed by atoms with Crippen LogP contribution in [0, 0.1) is 13.8 Å². The van der Waals surface area contributed by atoms with Gasteiger partial charge in [0.15, 0.2) is 6.10 Å². The molecule has 0 aromatic heterocycles. The monoisotopic (exact) mass is 383 g/mol. The van der Waals surface area contributed by atoms with Gasteiger partial charge in [0.1, 0.15) is 11.5 Å². The molecule has 152 valence electrons. The first kappa shape index (κ1) is 21.8. The molecule has 0 spiro atoms. The van der Waals surface area contributed by atoms with E-state index < -0.39 is 6.10 Å². The molecule has 4 heteroatoms. The van der Waals surface area contributed by atoms with Crippen LogP contribution in [-0.4, -0.2) is 24.7 Å². The lowest BCUT2D eigenvalue weighted by Gasteiger charge is -2.18. The third kappa shape index (κ3) is 6.91. The second-order valence-electron chi connectivity index (χ2n) is 7.47. The van der Waals surface area contributed by atoms with Crippen molar-refractivity contribution < 1.29 is 14.3 Å². The average molecular weight is 384 g/mol. The normalized spacial score (nSPS) is 11.9. The minimum Gasteiger partial charge on any atom is -0.491 e. The molecule has 0 radical (unpaired) electrons. The Morgan fingerprint density at radius 2 is 1.75 bits per heavy atom. The van der Waals surface area contributed by atoms with Gasteiger partial charge in [-0.1, -0.05) is 25.1 Å². The number of carbonyl (C=O) groups is 1. The molecule has 0 bridgehead atoms. The highest BCUT2D eigenvalue weighted by atomic mass is 16.5. The van der Waals surface area contributed by atoms with Crippen LogP contribution in [0.5, 0.6) is 11.5 Å². The number of hydrogen-bond acceptors (Lipinski definition) is 3. The van der Waals surface area contributed by atoms with Gasteiger partial charge in [0, 0.05) is 6.54 Å². The molecule has 28 heavy (non-hydrogen) atoms. The summed E-state index contributed by atoms with van der Waals surface area (Å²) >= 11 is 0.